The molecule has 1 fully saturated rings. The predicted octanol–water partition coefficient (Wildman–Crippen LogP) is 2.70. The molecule has 13 heteroatoms. The fourth-order valence-corrected chi connectivity index (χ4v) is 7.77. The van der Waals surface area contributed by atoms with Gasteiger partial charge in [-0.15, -0.1) is 11.3 Å². The molecule has 10 nitrogen and oxygen atoms in total. The van der Waals surface area contributed by atoms with Crippen LogP contribution in [0.15, 0.2) is 28.6 Å². The van der Waals surface area contributed by atoms with Crippen molar-refractivity contribution in [2.24, 2.45) is 0 Å². The quantitative estimate of drug-likeness (QED) is 0.434. The van der Waals surface area contributed by atoms with Gasteiger partial charge in [-0.2, -0.15) is 4.31 Å². The Morgan fingerprint density at radius 1 is 1.26 bits per heavy atom. The van der Waals surface area contributed by atoms with Gasteiger partial charge >= 0.3 is 0 Å². The molecule has 3 aromatic heterocycles. The fourth-order valence-electron chi connectivity index (χ4n) is 3.84. The Kier molecular flexibility index (Phi) is 7.28. The maximum absolute atomic E-state index is 13.2. The number of aryl methyl sites for hydroxylation is 2. The monoisotopic (exact) mass is 521 g/mol. The summed E-state index contributed by atoms with van der Waals surface area (Å²) in [5, 5.41) is 8.34. The zero-order valence-electron chi connectivity index (χ0n) is 19.2. The molecule has 0 radical (unpaired) electrons. The van der Waals surface area contributed by atoms with E-state index in [1.54, 1.807) is 24.6 Å². The van der Waals surface area contributed by atoms with Crippen LogP contribution in [-0.4, -0.2) is 77.2 Å². The molecule has 182 valence electrons. The number of thiophene rings is 1. The number of sulfonamides is 1. The molecule has 4 heterocycles. The van der Waals surface area contributed by atoms with Crippen LogP contribution in [0.4, 0.5) is 10.9 Å². The molecule has 0 aromatic carbocycles. The molecule has 0 spiro atoms. The molecule has 1 atom stereocenters. The first-order valence-corrected chi connectivity index (χ1v) is 13.9. The highest BCUT2D eigenvalue weighted by atomic mass is 32.2. The number of nitrogens with zero attached hydrogens (tertiary/aromatic N) is 5. The maximum atomic E-state index is 13.2. The second kappa shape index (κ2) is 10.0. The lowest BCUT2D eigenvalue weighted by Gasteiger charge is -2.35. The first-order chi connectivity index (χ1) is 16.2. The molecule has 1 aliphatic rings. The van der Waals surface area contributed by atoms with E-state index in [9.17, 15) is 13.2 Å². The summed E-state index contributed by atoms with van der Waals surface area (Å²) in [4.78, 5) is 26.7. The number of carbonyl (C=O) groups excluding carboxylic acids is 1. The van der Waals surface area contributed by atoms with E-state index in [0.29, 0.717) is 31.9 Å². The Hall–Kier alpha value is -2.45. The van der Waals surface area contributed by atoms with Crippen molar-refractivity contribution in [3.05, 3.63) is 35.6 Å². The van der Waals surface area contributed by atoms with Crippen molar-refractivity contribution in [1.29, 1.82) is 0 Å². The van der Waals surface area contributed by atoms with Crippen LogP contribution in [0.25, 0.3) is 10.2 Å². The fraction of sp³-hybridized carbons (Fsp3) is 0.429. The van der Waals surface area contributed by atoms with Gasteiger partial charge in [0.05, 0.1) is 15.9 Å². The molecule has 0 saturated carbocycles. The summed E-state index contributed by atoms with van der Waals surface area (Å²) >= 11 is 2.59. The van der Waals surface area contributed by atoms with Gasteiger partial charge in [0, 0.05) is 38.8 Å². The summed E-state index contributed by atoms with van der Waals surface area (Å²) in [5.41, 5.74) is 2.49. The van der Waals surface area contributed by atoms with E-state index in [1.807, 2.05) is 6.92 Å². The number of amides is 1. The number of piperazine rings is 1. The molecule has 1 aliphatic heterocycles. The van der Waals surface area contributed by atoms with Gasteiger partial charge in [-0.3, -0.25) is 15.0 Å². The first-order valence-electron chi connectivity index (χ1n) is 10.8. The number of hydrogen-bond donors (Lipinski definition) is 2. The van der Waals surface area contributed by atoms with Gasteiger partial charge in [-0.05, 0) is 37.8 Å². The van der Waals surface area contributed by atoms with E-state index in [-0.39, 0.29) is 15.4 Å². The summed E-state index contributed by atoms with van der Waals surface area (Å²) in [6.07, 6.45) is 2.70. The lowest BCUT2D eigenvalue weighted by molar-refractivity contribution is -0.111. The van der Waals surface area contributed by atoms with E-state index in [0.717, 1.165) is 45.6 Å². The molecule has 4 rings (SSSR count). The summed E-state index contributed by atoms with van der Waals surface area (Å²) in [6.45, 7) is 12.0. The van der Waals surface area contributed by atoms with Gasteiger partial charge in [-0.25, -0.2) is 23.4 Å². The minimum absolute atomic E-state index is 0.128. The van der Waals surface area contributed by atoms with Crippen LogP contribution in [0.3, 0.4) is 0 Å². The van der Waals surface area contributed by atoms with Gasteiger partial charge in [0.1, 0.15) is 12.1 Å². The third kappa shape index (κ3) is 5.13. The van der Waals surface area contributed by atoms with Gasteiger partial charge in [0.15, 0.2) is 9.34 Å². The standard InChI is InChI=1S/C21H27N7O3S3/c1-5-16(29)26-21-25-15(4)20(33-21)34(30,31)28-8-6-27(7-9-28)10-14(3)24-19-18-17(22-12-23-19)13(2)11-32-18/h5,11-12,14H,1,6-10H2,2-4H3,(H,22,23,24)(H,25,26,29)/t14-/m0/s1. The van der Waals surface area contributed by atoms with Crippen LogP contribution in [-0.2, 0) is 14.8 Å². The summed E-state index contributed by atoms with van der Waals surface area (Å²) < 4.78 is 29.1. The average Bonchev–Trinajstić information content (AvgIpc) is 3.37. The molecule has 3 aromatic rings. The summed E-state index contributed by atoms with van der Waals surface area (Å²) in [6, 6.07) is 0.128. The van der Waals surface area contributed by atoms with Crippen LogP contribution in [0.2, 0.25) is 0 Å². The minimum atomic E-state index is -3.68. The van der Waals surface area contributed by atoms with E-state index in [2.05, 4.69) is 49.4 Å². The van der Waals surface area contributed by atoms with Crippen LogP contribution >= 0.6 is 22.7 Å². The number of rotatable bonds is 8. The third-order valence-corrected chi connectivity index (χ3v) is 10.2. The Balaban J connectivity index is 1.35. The molecule has 0 aliphatic carbocycles. The van der Waals surface area contributed by atoms with E-state index >= 15 is 0 Å². The van der Waals surface area contributed by atoms with Crippen LogP contribution in [0.5, 0.6) is 0 Å². The minimum Gasteiger partial charge on any atom is -0.365 e. The lowest BCUT2D eigenvalue weighted by Crippen LogP contribution is -2.50. The van der Waals surface area contributed by atoms with Crippen molar-refractivity contribution in [3.8, 4) is 0 Å². The zero-order chi connectivity index (χ0) is 24.5. The molecule has 1 amide bonds. The van der Waals surface area contributed by atoms with Crippen molar-refractivity contribution in [1.82, 2.24) is 24.2 Å². The van der Waals surface area contributed by atoms with Crippen molar-refractivity contribution in [2.75, 3.05) is 43.4 Å². The predicted molar refractivity (Wildman–Crippen MR) is 136 cm³/mol. The number of anilines is 2. The summed E-state index contributed by atoms with van der Waals surface area (Å²) in [7, 11) is -3.68. The molecule has 1 saturated heterocycles. The van der Waals surface area contributed by atoms with Crippen molar-refractivity contribution < 1.29 is 13.2 Å². The Morgan fingerprint density at radius 2 is 2.00 bits per heavy atom. The smallest absolute Gasteiger partial charge is 0.254 e. The normalized spacial score (nSPS) is 16.4. The van der Waals surface area contributed by atoms with Gasteiger partial charge in [0.2, 0.25) is 5.91 Å². The highest BCUT2D eigenvalue weighted by Gasteiger charge is 2.32. The highest BCUT2D eigenvalue weighted by molar-refractivity contribution is 7.91. The van der Waals surface area contributed by atoms with Crippen LogP contribution in [0, 0.1) is 13.8 Å². The average molecular weight is 522 g/mol. The number of fused-ring (bicyclic) bond motifs is 1. The van der Waals surface area contributed by atoms with Gasteiger partial charge < -0.3 is 5.32 Å². The van der Waals surface area contributed by atoms with E-state index in [1.165, 1.54) is 4.31 Å². The van der Waals surface area contributed by atoms with E-state index in [4.69, 9.17) is 0 Å². The Labute approximate surface area is 206 Å². The molecule has 0 bridgehead atoms. The zero-order valence-corrected chi connectivity index (χ0v) is 21.7. The molecule has 0 unspecified atom stereocenters. The van der Waals surface area contributed by atoms with Crippen molar-refractivity contribution in [3.63, 3.8) is 0 Å². The SMILES string of the molecule is C=CC(=O)Nc1nc(C)c(S(=O)(=O)N2CCN(C[C@H](C)Nc3ncnc4c(C)csc34)CC2)s1. The third-order valence-electron chi connectivity index (χ3n) is 5.52. The topological polar surface area (TPSA) is 120 Å². The van der Waals surface area contributed by atoms with Gasteiger partial charge in [-0.1, -0.05) is 17.9 Å². The second-order valence-corrected chi connectivity index (χ2v) is 12.2. The largest absolute Gasteiger partial charge is 0.365 e. The molecule has 34 heavy (non-hydrogen) atoms. The number of thiazole rings is 1. The molecular formula is C21H27N7O3S3. The highest BCUT2D eigenvalue weighted by Crippen LogP contribution is 2.31. The maximum Gasteiger partial charge on any atom is 0.254 e. The number of aromatic nitrogens is 3. The second-order valence-electron chi connectivity index (χ2n) is 8.15. The number of nitrogens with one attached hydrogen (secondary N) is 2. The van der Waals surface area contributed by atoms with E-state index < -0.39 is 15.9 Å². The van der Waals surface area contributed by atoms with Crippen LogP contribution in [0.1, 0.15) is 18.2 Å². The van der Waals surface area contributed by atoms with Crippen molar-refractivity contribution in [2.45, 2.75) is 31.0 Å². The summed E-state index contributed by atoms with van der Waals surface area (Å²) in [5.74, 6) is 0.405. The number of hydrogen-bond acceptors (Lipinski definition) is 10. The number of carbonyl (C=O) groups is 1. The van der Waals surface area contributed by atoms with Crippen LogP contribution < -0.4 is 10.6 Å². The molecular weight excluding hydrogens is 494 g/mol. The lowest BCUT2D eigenvalue weighted by atomic mass is 10.2. The van der Waals surface area contributed by atoms with Crippen molar-refractivity contribution >= 4 is 59.8 Å². The molecule has 2 N–H and O–H groups in total. The van der Waals surface area contributed by atoms with Gasteiger partial charge in [0.25, 0.3) is 10.0 Å². The first kappa shape index (κ1) is 24.7. The Morgan fingerprint density at radius 3 is 2.71 bits per heavy atom. The Bertz CT molecular complexity index is 1310.